The molecular weight excluding hydrogens is 474 g/mol. The van der Waals surface area contributed by atoms with Gasteiger partial charge in [0.2, 0.25) is 0 Å². The van der Waals surface area contributed by atoms with E-state index in [1.165, 1.54) is 0 Å². The minimum absolute atomic E-state index is 0.147. The van der Waals surface area contributed by atoms with Crippen molar-refractivity contribution in [2.24, 2.45) is 0 Å². The van der Waals surface area contributed by atoms with Crippen LogP contribution in [0.4, 0.5) is 0 Å². The molecule has 184 valence electrons. The van der Waals surface area contributed by atoms with Gasteiger partial charge in [0.05, 0.1) is 34.3 Å². The monoisotopic (exact) mass is 501 g/mol. The second kappa shape index (κ2) is 9.48. The van der Waals surface area contributed by atoms with Crippen molar-refractivity contribution in [1.29, 1.82) is 0 Å². The molecule has 36 heavy (non-hydrogen) atoms. The number of carbonyl (C=O) groups excluding carboxylic acids is 1. The average molecular weight is 502 g/mol. The lowest BCUT2D eigenvalue weighted by Gasteiger charge is -2.13. The van der Waals surface area contributed by atoms with Gasteiger partial charge in [0.1, 0.15) is 6.29 Å². The van der Waals surface area contributed by atoms with E-state index in [9.17, 15) is 18.3 Å². The van der Waals surface area contributed by atoms with E-state index in [1.54, 1.807) is 31.2 Å². The third-order valence-electron chi connectivity index (χ3n) is 6.84. The number of aliphatic hydroxyl groups is 1. The molecule has 1 aromatic heterocycles. The zero-order valence-corrected chi connectivity index (χ0v) is 20.7. The van der Waals surface area contributed by atoms with Gasteiger partial charge in [-0.2, -0.15) is 0 Å². The fourth-order valence-electron chi connectivity index (χ4n) is 4.61. The summed E-state index contributed by atoms with van der Waals surface area (Å²) in [5.41, 5.74) is 4.98. The molecule has 0 aliphatic heterocycles. The summed E-state index contributed by atoms with van der Waals surface area (Å²) in [5, 5.41) is 14.9. The first kappa shape index (κ1) is 24.2. The van der Waals surface area contributed by atoms with Gasteiger partial charge in [-0.1, -0.05) is 84.0 Å². The third kappa shape index (κ3) is 4.90. The molecule has 0 unspecified atom stereocenters. The van der Waals surface area contributed by atoms with Crippen molar-refractivity contribution in [3.05, 3.63) is 101 Å². The molecule has 0 bridgehead atoms. The Morgan fingerprint density at radius 2 is 1.53 bits per heavy atom. The fourth-order valence-corrected chi connectivity index (χ4v) is 6.07. The number of benzene rings is 3. The summed E-state index contributed by atoms with van der Waals surface area (Å²) in [6.07, 6.45) is 1.60. The van der Waals surface area contributed by atoms with Crippen LogP contribution in [0.3, 0.4) is 0 Å². The highest BCUT2D eigenvalue weighted by Gasteiger charge is 2.44. The Labute approximate surface area is 210 Å². The zero-order valence-electron chi connectivity index (χ0n) is 19.9. The number of aromatic nitrogens is 1. The molecule has 3 aromatic carbocycles. The van der Waals surface area contributed by atoms with Crippen molar-refractivity contribution in [1.82, 2.24) is 5.16 Å². The van der Waals surface area contributed by atoms with Crippen molar-refractivity contribution in [2.45, 2.75) is 37.0 Å². The number of carbonyl (C=O) groups is 1. The minimum Gasteiger partial charge on any atom is -0.387 e. The third-order valence-corrected chi connectivity index (χ3v) is 8.43. The minimum atomic E-state index is -3.57. The van der Waals surface area contributed by atoms with Gasteiger partial charge in [-0.3, -0.25) is 0 Å². The molecule has 4 aromatic rings. The van der Waals surface area contributed by atoms with E-state index in [2.05, 4.69) is 5.16 Å². The first-order chi connectivity index (χ1) is 17.3. The smallest absolute Gasteiger partial charge is 0.172 e. The largest absolute Gasteiger partial charge is 0.387 e. The van der Waals surface area contributed by atoms with Gasteiger partial charge < -0.3 is 14.4 Å². The second-order valence-corrected chi connectivity index (χ2v) is 11.6. The van der Waals surface area contributed by atoms with Crippen LogP contribution in [0, 0.1) is 6.92 Å². The molecule has 1 saturated carbocycles. The Bertz CT molecular complexity index is 1470. The SMILES string of the molecule is Cc1noc(-c2ccc(-c3ccc(C4(C=O)CC4)cc3)cc2)c1[C@H](O)CS(=O)(=O)Cc1ccccc1. The molecule has 1 aliphatic rings. The Morgan fingerprint density at radius 1 is 0.944 bits per heavy atom. The van der Waals surface area contributed by atoms with Crippen molar-refractivity contribution in [2.75, 3.05) is 5.75 Å². The quantitative estimate of drug-likeness (QED) is 0.317. The summed E-state index contributed by atoms with van der Waals surface area (Å²) in [7, 11) is -3.57. The van der Waals surface area contributed by atoms with Crippen LogP contribution >= 0.6 is 0 Å². The number of aldehydes is 1. The second-order valence-electron chi connectivity index (χ2n) is 9.50. The highest BCUT2D eigenvalue weighted by atomic mass is 32.2. The van der Waals surface area contributed by atoms with Gasteiger partial charge >= 0.3 is 0 Å². The van der Waals surface area contributed by atoms with E-state index >= 15 is 0 Å². The highest BCUT2D eigenvalue weighted by molar-refractivity contribution is 7.90. The maximum absolute atomic E-state index is 12.7. The van der Waals surface area contributed by atoms with Gasteiger partial charge in [0.15, 0.2) is 15.6 Å². The molecule has 6 nitrogen and oxygen atoms in total. The number of hydrogen-bond acceptors (Lipinski definition) is 6. The maximum Gasteiger partial charge on any atom is 0.172 e. The lowest BCUT2D eigenvalue weighted by molar-refractivity contribution is -0.109. The first-order valence-corrected chi connectivity index (χ1v) is 13.7. The predicted octanol–water partition coefficient (Wildman–Crippen LogP) is 5.20. The zero-order chi connectivity index (χ0) is 25.3. The molecule has 1 N–H and O–H groups in total. The molecule has 0 radical (unpaired) electrons. The molecule has 1 heterocycles. The number of hydrogen-bond donors (Lipinski definition) is 1. The fraction of sp³-hybridized carbons (Fsp3) is 0.241. The van der Waals surface area contributed by atoms with E-state index < -0.39 is 21.7 Å². The lowest BCUT2D eigenvalue weighted by Crippen LogP contribution is -2.17. The van der Waals surface area contributed by atoms with E-state index in [4.69, 9.17) is 4.52 Å². The number of sulfone groups is 1. The maximum atomic E-state index is 12.7. The van der Waals surface area contributed by atoms with Gasteiger partial charge in [-0.05, 0) is 42.0 Å². The molecule has 0 saturated heterocycles. The van der Waals surface area contributed by atoms with E-state index in [-0.39, 0.29) is 11.2 Å². The summed E-state index contributed by atoms with van der Waals surface area (Å²) < 4.78 is 31.0. The van der Waals surface area contributed by atoms with Crippen LogP contribution in [-0.4, -0.2) is 30.7 Å². The van der Waals surface area contributed by atoms with Crippen molar-refractivity contribution in [3.8, 4) is 22.5 Å². The van der Waals surface area contributed by atoms with Crippen LogP contribution < -0.4 is 0 Å². The van der Waals surface area contributed by atoms with Gasteiger partial charge in [-0.15, -0.1) is 0 Å². The van der Waals surface area contributed by atoms with Gasteiger partial charge in [0.25, 0.3) is 0 Å². The number of aryl methyl sites for hydroxylation is 1. The number of nitrogens with zero attached hydrogens (tertiary/aromatic N) is 1. The van der Waals surface area contributed by atoms with E-state index in [0.29, 0.717) is 28.1 Å². The van der Waals surface area contributed by atoms with Crippen LogP contribution in [-0.2, 0) is 25.8 Å². The summed E-state index contributed by atoms with van der Waals surface area (Å²) >= 11 is 0. The van der Waals surface area contributed by atoms with Crippen LogP contribution in [0.1, 0.15) is 41.3 Å². The summed E-state index contributed by atoms with van der Waals surface area (Å²) in [6.45, 7) is 1.69. The predicted molar refractivity (Wildman–Crippen MR) is 138 cm³/mol. The molecule has 5 rings (SSSR count). The van der Waals surface area contributed by atoms with Gasteiger partial charge in [0, 0.05) is 5.56 Å². The molecule has 0 amide bonds. The molecule has 0 spiro atoms. The normalized spacial score (nSPS) is 15.4. The Morgan fingerprint density at radius 3 is 2.11 bits per heavy atom. The van der Waals surface area contributed by atoms with Crippen molar-refractivity contribution < 1.29 is 22.8 Å². The summed E-state index contributed by atoms with van der Waals surface area (Å²) in [5.74, 6) is -0.214. The lowest BCUT2D eigenvalue weighted by atomic mass is 9.94. The molecular formula is C29H27NO5S. The number of aliphatic hydroxyl groups excluding tert-OH is 1. The topological polar surface area (TPSA) is 97.5 Å². The Kier molecular flexibility index (Phi) is 6.36. The average Bonchev–Trinajstić information content (AvgIpc) is 3.59. The van der Waals surface area contributed by atoms with E-state index in [1.807, 2.05) is 54.6 Å². The molecule has 7 heteroatoms. The van der Waals surface area contributed by atoms with Crippen molar-refractivity contribution in [3.63, 3.8) is 0 Å². The Hall–Kier alpha value is -3.55. The van der Waals surface area contributed by atoms with Crippen LogP contribution in [0.2, 0.25) is 0 Å². The van der Waals surface area contributed by atoms with Gasteiger partial charge in [-0.25, -0.2) is 8.42 Å². The standard InChI is InChI=1S/C29H27NO5S/c1-20-27(26(32)18-36(33,34)17-21-5-3-2-4-6-21)28(35-30-20)24-9-7-22(8-10-24)23-11-13-25(14-12-23)29(19-31)15-16-29/h2-14,19,26,32H,15-18H2,1H3/t26-/m1/s1. The molecule has 1 fully saturated rings. The summed E-state index contributed by atoms with van der Waals surface area (Å²) in [6, 6.07) is 24.6. The number of rotatable bonds is 9. The van der Waals surface area contributed by atoms with Crippen LogP contribution in [0.15, 0.2) is 83.4 Å². The highest BCUT2D eigenvalue weighted by Crippen LogP contribution is 2.46. The molecule has 1 aliphatic carbocycles. The first-order valence-electron chi connectivity index (χ1n) is 11.9. The van der Waals surface area contributed by atoms with Crippen LogP contribution in [0.5, 0.6) is 0 Å². The molecule has 1 atom stereocenters. The van der Waals surface area contributed by atoms with E-state index in [0.717, 1.165) is 35.8 Å². The van der Waals surface area contributed by atoms with Crippen LogP contribution in [0.25, 0.3) is 22.5 Å². The van der Waals surface area contributed by atoms with Crippen molar-refractivity contribution >= 4 is 16.1 Å². The summed E-state index contributed by atoms with van der Waals surface area (Å²) in [4.78, 5) is 11.4. The Balaban J connectivity index is 1.34.